The number of rotatable bonds is 1. The highest BCUT2D eigenvalue weighted by Gasteiger charge is 2.19. The maximum Gasteiger partial charge on any atom is 0.168 e. The number of nitrogens with two attached hydrogens (primary N) is 2. The van der Waals surface area contributed by atoms with Crippen LogP contribution in [-0.4, -0.2) is 10.00 Å². The van der Waals surface area contributed by atoms with E-state index in [1.165, 1.54) is 44.5 Å². The van der Waals surface area contributed by atoms with Crippen LogP contribution in [0.2, 0.25) is 0 Å². The van der Waals surface area contributed by atoms with Crippen LogP contribution in [0.4, 0.5) is 11.4 Å². The Balaban J connectivity index is 0.000000153. The van der Waals surface area contributed by atoms with Crippen molar-refractivity contribution in [3.63, 3.8) is 0 Å². The molecule has 35 heavy (non-hydrogen) atoms. The molecule has 0 aromatic heterocycles. The van der Waals surface area contributed by atoms with Gasteiger partial charge in [-0.15, -0.1) is 0 Å². The molecule has 4 aromatic carbocycles. The summed E-state index contributed by atoms with van der Waals surface area (Å²) in [4.78, 5) is -0.697. The van der Waals surface area contributed by atoms with Crippen LogP contribution in [0.15, 0.2) is 81.7 Å². The summed E-state index contributed by atoms with van der Waals surface area (Å²) < 4.78 is 14.7. The van der Waals surface area contributed by atoms with Crippen molar-refractivity contribution in [1.82, 2.24) is 0 Å². The van der Waals surface area contributed by atoms with E-state index in [0.29, 0.717) is 5.11 Å². The van der Waals surface area contributed by atoms with Crippen LogP contribution >= 0.6 is 66.7 Å². The second kappa shape index (κ2) is 11.4. The van der Waals surface area contributed by atoms with Crippen molar-refractivity contribution < 1.29 is 2.74 Å². The molecule has 0 aliphatic heterocycles. The molecule has 5 N–H and O–H groups in total. The van der Waals surface area contributed by atoms with Gasteiger partial charge < -0.3 is 16.8 Å². The Labute approximate surface area is 244 Å². The predicted molar refractivity (Wildman–Crippen MR) is 170 cm³/mol. The maximum absolute atomic E-state index is 6.24. The Kier molecular flexibility index (Phi) is 7.65. The lowest BCUT2D eigenvalue weighted by molar-refractivity contribution is 1.26. The molecule has 6 rings (SSSR count). The van der Waals surface area contributed by atoms with Crippen molar-refractivity contribution >= 4 is 83.2 Å². The topological polar surface area (TPSA) is 64.1 Å². The summed E-state index contributed by atoms with van der Waals surface area (Å²) in [5.74, 6) is 0. The van der Waals surface area contributed by atoms with Gasteiger partial charge in [-0.25, -0.2) is 0 Å². The highest BCUT2D eigenvalue weighted by Crippen LogP contribution is 2.39. The molecule has 1 atom stereocenters. The smallest absolute Gasteiger partial charge is 0.168 e. The van der Waals surface area contributed by atoms with Gasteiger partial charge in [0.2, 0.25) is 0 Å². The summed E-state index contributed by atoms with van der Waals surface area (Å²) in [6, 6.07) is 25.3. The van der Waals surface area contributed by atoms with Crippen LogP contribution in [0.25, 0.3) is 22.3 Å². The molecule has 2 aliphatic rings. The molecular weight excluding hydrogens is 697 g/mol. The molecule has 178 valence electrons. The van der Waals surface area contributed by atoms with E-state index in [2.05, 4.69) is 97.8 Å². The first-order valence-electron chi connectivity index (χ1n) is 11.9. The number of benzene rings is 4. The summed E-state index contributed by atoms with van der Waals surface area (Å²) in [6.07, 6.45) is 1.95. The third-order valence-corrected chi connectivity index (χ3v) is 7.07. The van der Waals surface area contributed by atoms with E-state index in [-0.39, 0.29) is 0 Å². The van der Waals surface area contributed by atoms with Gasteiger partial charge >= 0.3 is 0 Å². The van der Waals surface area contributed by atoms with Gasteiger partial charge in [-0.05, 0) is 123 Å². The zero-order valence-electron chi connectivity index (χ0n) is 20.6. The SMILES string of the molecule is NC(=S)Nc1ccc2c(c1)Cc1cc(Br)ccc1-2.Nc1ccc2c(c1)Cc1cc(Br)ccc1-2.[2H]C([3H])I. The number of nitrogen functional groups attached to an aromatic ring is 1. The Morgan fingerprint density at radius 3 is 1.80 bits per heavy atom. The molecule has 1 unspecified atom stereocenters. The van der Waals surface area contributed by atoms with Gasteiger partial charge in [0.25, 0.3) is 0 Å². The normalized spacial score (nSPS) is 13.2. The number of halogens is 3. The molecule has 0 spiro atoms. The van der Waals surface area contributed by atoms with E-state index < -0.39 is 4.88 Å². The molecule has 7 heteroatoms. The molecule has 0 saturated heterocycles. The average Bonchev–Trinajstić information content (AvgIpc) is 3.34. The number of hydrogen-bond acceptors (Lipinski definition) is 2. The third-order valence-electron chi connectivity index (χ3n) is 5.98. The Morgan fingerprint density at radius 2 is 1.29 bits per heavy atom. The van der Waals surface area contributed by atoms with E-state index in [1.54, 1.807) is 22.6 Å². The Bertz CT molecular complexity index is 1430. The van der Waals surface area contributed by atoms with Gasteiger partial charge in [-0.3, -0.25) is 0 Å². The lowest BCUT2D eigenvalue weighted by Crippen LogP contribution is -2.18. The first-order valence-corrected chi connectivity index (χ1v) is 14.0. The number of anilines is 2. The summed E-state index contributed by atoms with van der Waals surface area (Å²) >= 11 is 13.5. The third kappa shape index (κ3) is 5.90. The first kappa shape index (κ1) is 23.5. The Hall–Kier alpha value is -1.94. The van der Waals surface area contributed by atoms with Crippen molar-refractivity contribution in [2.45, 2.75) is 12.8 Å². The van der Waals surface area contributed by atoms with Gasteiger partial charge in [0.1, 0.15) is 0 Å². The molecule has 4 aromatic rings. The van der Waals surface area contributed by atoms with Crippen molar-refractivity contribution in [2.24, 2.45) is 5.73 Å². The summed E-state index contributed by atoms with van der Waals surface area (Å²) in [5.41, 5.74) is 23.7. The van der Waals surface area contributed by atoms with E-state index in [9.17, 15) is 0 Å². The van der Waals surface area contributed by atoms with Crippen LogP contribution < -0.4 is 16.8 Å². The predicted octanol–water partition coefficient (Wildman–Crippen LogP) is 8.33. The lowest BCUT2D eigenvalue weighted by atomic mass is 10.1. The molecule has 0 bridgehead atoms. The number of fused-ring (bicyclic) bond motifs is 6. The molecule has 0 fully saturated rings. The van der Waals surface area contributed by atoms with E-state index in [1.807, 2.05) is 12.1 Å². The van der Waals surface area contributed by atoms with Crippen LogP contribution in [0, 0.1) is 0 Å². The molecule has 0 radical (unpaired) electrons. The van der Waals surface area contributed by atoms with Crippen molar-refractivity contribution in [3.05, 3.63) is 104 Å². The monoisotopic (exact) mass is 722 g/mol. The summed E-state index contributed by atoms with van der Waals surface area (Å²) in [5, 5.41) is 3.27. The molecule has 2 aliphatic carbocycles. The van der Waals surface area contributed by atoms with Gasteiger partial charge in [0.15, 0.2) is 5.11 Å². The van der Waals surface area contributed by atoms with Crippen LogP contribution in [0.1, 0.15) is 25.0 Å². The van der Waals surface area contributed by atoms with Crippen molar-refractivity contribution in [2.75, 3.05) is 15.9 Å². The number of thiocarbonyl (C=S) groups is 1. The molecule has 3 nitrogen and oxygen atoms in total. The minimum atomic E-state index is -0.697. The standard InChI is InChI=1S/C14H11BrN2S.C13H10BrN.CH3I/c15-10-1-3-12-8(6-10)5-9-7-11(17-14(16)18)2-4-13(9)12;14-10-1-3-12-8(6-10)5-9-7-11(15)2-4-13(9)12;1-2/h1-4,6-7H,5H2,(H3,16,17,18);1-4,6-7H,5,15H2;1H3/i;;1TD. The van der Waals surface area contributed by atoms with Crippen molar-refractivity contribution in [1.29, 1.82) is 0 Å². The Morgan fingerprint density at radius 1 is 0.857 bits per heavy atom. The van der Waals surface area contributed by atoms with E-state index >= 15 is 0 Å². The quantitative estimate of drug-likeness (QED) is 0.0691. The second-order valence-corrected chi connectivity index (χ2v) is 10.5. The first-order chi connectivity index (χ1) is 17.6. The van der Waals surface area contributed by atoms with E-state index in [4.69, 9.17) is 26.4 Å². The molecular formula is C28H24Br2IN3S. The van der Waals surface area contributed by atoms with Crippen LogP contribution in [0.3, 0.4) is 0 Å². The van der Waals surface area contributed by atoms with Crippen LogP contribution in [-0.2, 0) is 12.8 Å². The van der Waals surface area contributed by atoms with Crippen LogP contribution in [0.5, 0.6) is 0 Å². The maximum atomic E-state index is 6.24. The fourth-order valence-electron chi connectivity index (χ4n) is 4.60. The zero-order chi connectivity index (χ0) is 26.7. The fourth-order valence-corrected chi connectivity index (χ4v) is 5.53. The number of nitrogens with one attached hydrogen (secondary N) is 1. The highest BCUT2D eigenvalue weighted by atomic mass is 127. The summed E-state index contributed by atoms with van der Waals surface area (Å²) in [6.45, 7) is 0. The van der Waals surface area contributed by atoms with Gasteiger partial charge in [0.05, 0.1) is 0 Å². The fraction of sp³-hybridized carbons (Fsp3) is 0.107. The van der Waals surface area contributed by atoms with Gasteiger partial charge in [0, 0.05) is 23.1 Å². The van der Waals surface area contributed by atoms with Gasteiger partial charge in [-0.1, -0.05) is 78.7 Å². The van der Waals surface area contributed by atoms with Gasteiger partial charge in [-0.2, -0.15) is 0 Å². The average molecular weight is 724 g/mol. The van der Waals surface area contributed by atoms with Crippen molar-refractivity contribution in [3.8, 4) is 22.3 Å². The largest absolute Gasteiger partial charge is 0.399 e. The lowest BCUT2D eigenvalue weighted by Gasteiger charge is -2.06. The highest BCUT2D eigenvalue weighted by molar-refractivity contribution is 14.1. The summed E-state index contributed by atoms with van der Waals surface area (Å²) in [7, 11) is 0. The zero-order valence-corrected chi connectivity index (χ0v) is 24.8. The minimum Gasteiger partial charge on any atom is -0.399 e. The van der Waals surface area contributed by atoms with E-state index in [0.717, 1.165) is 33.2 Å². The molecule has 0 heterocycles. The second-order valence-electron chi connectivity index (χ2n) is 8.23. The molecule has 0 amide bonds. The minimum absolute atomic E-state index is 0.299. The number of hydrogen-bond donors (Lipinski definition) is 3. The number of alkyl halides is 1. The molecule has 0 saturated carbocycles.